The van der Waals surface area contributed by atoms with Crippen molar-refractivity contribution in [2.45, 2.75) is 19.6 Å². The molecule has 2 heterocycles. The van der Waals surface area contributed by atoms with E-state index >= 15 is 0 Å². The molecule has 3 rings (SSSR count). The fourth-order valence-corrected chi connectivity index (χ4v) is 4.59. The van der Waals surface area contributed by atoms with E-state index in [4.69, 9.17) is 16.3 Å². The highest BCUT2D eigenvalue weighted by molar-refractivity contribution is 9.11. The summed E-state index contributed by atoms with van der Waals surface area (Å²) in [5.74, 6) is 0.786. The lowest BCUT2D eigenvalue weighted by Gasteiger charge is -2.15. The summed E-state index contributed by atoms with van der Waals surface area (Å²) >= 11 is 12.4. The third-order valence-corrected chi connectivity index (χ3v) is 6.29. The Labute approximate surface area is 173 Å². The van der Waals surface area contributed by atoms with Crippen LogP contribution in [0.1, 0.15) is 15.6 Å². The highest BCUT2D eigenvalue weighted by Crippen LogP contribution is 2.23. The molecule has 1 amide bonds. The fraction of sp³-hybridized carbons (Fsp3) is 0.222. The van der Waals surface area contributed by atoms with Crippen LogP contribution < -0.4 is 4.74 Å². The van der Waals surface area contributed by atoms with Gasteiger partial charge in [-0.1, -0.05) is 11.6 Å². The number of thiazole rings is 1. The monoisotopic (exact) mass is 470 g/mol. The molecule has 1 aromatic carbocycles. The number of amides is 1. The van der Waals surface area contributed by atoms with Crippen LogP contribution in [0, 0.1) is 0 Å². The largest absolute Gasteiger partial charge is 0.486 e. The van der Waals surface area contributed by atoms with Crippen molar-refractivity contribution in [2.24, 2.45) is 0 Å². The summed E-state index contributed by atoms with van der Waals surface area (Å²) in [4.78, 5) is 19.7. The van der Waals surface area contributed by atoms with Crippen molar-refractivity contribution in [2.75, 3.05) is 7.05 Å². The topological polar surface area (TPSA) is 42.4 Å². The molecule has 0 fully saturated rings. The van der Waals surface area contributed by atoms with E-state index in [1.807, 2.05) is 36.7 Å². The predicted molar refractivity (Wildman–Crippen MR) is 110 cm³/mol. The molecule has 0 N–H and O–H groups in total. The lowest BCUT2D eigenvalue weighted by molar-refractivity contribution is -0.129. The van der Waals surface area contributed by atoms with Gasteiger partial charge < -0.3 is 9.64 Å². The first-order valence-electron chi connectivity index (χ1n) is 7.79. The molecule has 8 heteroatoms. The van der Waals surface area contributed by atoms with E-state index in [0.29, 0.717) is 24.6 Å². The fourth-order valence-electron chi connectivity index (χ4n) is 2.22. The zero-order valence-electron chi connectivity index (χ0n) is 13.9. The van der Waals surface area contributed by atoms with Crippen LogP contribution in [0.4, 0.5) is 0 Å². The summed E-state index contributed by atoms with van der Waals surface area (Å²) in [6.45, 7) is 0.978. The number of thiophene rings is 1. The highest BCUT2D eigenvalue weighted by Gasteiger charge is 2.13. The minimum Gasteiger partial charge on any atom is -0.486 e. The second kappa shape index (κ2) is 8.99. The zero-order valence-corrected chi connectivity index (χ0v) is 17.9. The molecular weight excluding hydrogens is 456 g/mol. The molecule has 0 unspecified atom stereocenters. The first-order chi connectivity index (χ1) is 12.5. The molecule has 0 aliphatic carbocycles. The number of likely N-dealkylation sites (N-methyl/N-ethyl adjacent to an activating group) is 1. The summed E-state index contributed by atoms with van der Waals surface area (Å²) in [6, 6.07) is 11.2. The molecule has 4 nitrogen and oxygen atoms in total. The van der Waals surface area contributed by atoms with Gasteiger partial charge in [0, 0.05) is 22.3 Å². The maximum absolute atomic E-state index is 12.4. The van der Waals surface area contributed by atoms with Crippen LogP contribution in [0.3, 0.4) is 0 Å². The van der Waals surface area contributed by atoms with Gasteiger partial charge in [-0.25, -0.2) is 4.98 Å². The van der Waals surface area contributed by atoms with Gasteiger partial charge in [0.2, 0.25) is 5.91 Å². The number of carbonyl (C=O) groups excluding carboxylic acids is 1. The second-order valence-electron chi connectivity index (χ2n) is 5.61. The van der Waals surface area contributed by atoms with E-state index < -0.39 is 0 Å². The quantitative estimate of drug-likeness (QED) is 0.463. The predicted octanol–water partition coefficient (Wildman–Crippen LogP) is 5.40. The third-order valence-electron chi connectivity index (χ3n) is 3.56. The van der Waals surface area contributed by atoms with Crippen molar-refractivity contribution in [3.8, 4) is 5.75 Å². The summed E-state index contributed by atoms with van der Waals surface area (Å²) < 4.78 is 6.75. The zero-order chi connectivity index (χ0) is 18.5. The van der Waals surface area contributed by atoms with Gasteiger partial charge in [-0.15, -0.1) is 22.7 Å². The van der Waals surface area contributed by atoms with Gasteiger partial charge >= 0.3 is 0 Å². The molecule has 136 valence electrons. The summed E-state index contributed by atoms with van der Waals surface area (Å²) in [6.07, 6.45) is 0.292. The van der Waals surface area contributed by atoms with Crippen LogP contribution in [-0.4, -0.2) is 22.8 Å². The number of ether oxygens (including phenoxy) is 1. The van der Waals surface area contributed by atoms with Crippen molar-refractivity contribution >= 4 is 56.1 Å². The number of nitrogens with zero attached hydrogens (tertiary/aromatic N) is 2. The first-order valence-corrected chi connectivity index (χ1v) is 10.7. The lowest BCUT2D eigenvalue weighted by atomic mass is 10.3. The summed E-state index contributed by atoms with van der Waals surface area (Å²) in [7, 11) is 1.81. The standard InChI is InChI=1S/C18H16BrClN2O2S2/c1-22(9-15-6-7-16(19)26-15)18(23)8-13-11-25-17(21-13)10-24-14-4-2-12(20)3-5-14/h2-7,11H,8-10H2,1H3. The smallest absolute Gasteiger partial charge is 0.228 e. The number of benzene rings is 1. The van der Waals surface area contributed by atoms with Crippen LogP contribution in [0.15, 0.2) is 45.6 Å². The minimum absolute atomic E-state index is 0.0463. The van der Waals surface area contributed by atoms with Crippen molar-refractivity contribution < 1.29 is 9.53 Å². The number of halogens is 2. The average molecular weight is 472 g/mol. The number of aromatic nitrogens is 1. The maximum atomic E-state index is 12.4. The molecule has 3 aromatic rings. The lowest BCUT2D eigenvalue weighted by Crippen LogP contribution is -2.27. The number of hydrogen-bond donors (Lipinski definition) is 0. The third kappa shape index (κ3) is 5.54. The molecule has 26 heavy (non-hydrogen) atoms. The Hall–Kier alpha value is -1.41. The molecule has 0 aliphatic heterocycles. The normalized spacial score (nSPS) is 10.7. The number of hydrogen-bond acceptors (Lipinski definition) is 5. The average Bonchev–Trinajstić information content (AvgIpc) is 3.23. The van der Waals surface area contributed by atoms with Crippen LogP contribution in [-0.2, 0) is 24.4 Å². The van der Waals surface area contributed by atoms with E-state index in [2.05, 4.69) is 20.9 Å². The molecule has 0 radical (unpaired) electrons. The van der Waals surface area contributed by atoms with E-state index in [-0.39, 0.29) is 5.91 Å². The molecule has 0 aliphatic rings. The van der Waals surface area contributed by atoms with Crippen molar-refractivity contribution in [1.29, 1.82) is 0 Å². The van der Waals surface area contributed by atoms with Crippen molar-refractivity contribution in [3.63, 3.8) is 0 Å². The van der Waals surface area contributed by atoms with Crippen LogP contribution in [0.5, 0.6) is 5.75 Å². The Bertz CT molecular complexity index is 879. The first kappa shape index (κ1) is 19.4. The van der Waals surface area contributed by atoms with E-state index in [1.54, 1.807) is 28.4 Å². The molecule has 0 spiro atoms. The SMILES string of the molecule is CN(Cc1ccc(Br)s1)C(=O)Cc1csc(COc2ccc(Cl)cc2)n1. The van der Waals surface area contributed by atoms with Gasteiger partial charge in [-0.3, -0.25) is 4.79 Å². The Kier molecular flexibility index (Phi) is 6.69. The Morgan fingerprint density at radius 3 is 2.73 bits per heavy atom. The van der Waals surface area contributed by atoms with E-state index in [9.17, 15) is 4.79 Å². The van der Waals surface area contributed by atoms with Gasteiger partial charge in [-0.2, -0.15) is 0 Å². The van der Waals surface area contributed by atoms with Gasteiger partial charge in [0.25, 0.3) is 0 Å². The number of carbonyl (C=O) groups is 1. The molecular formula is C18H16BrClN2O2S2. The molecule has 0 saturated carbocycles. The van der Waals surface area contributed by atoms with Gasteiger partial charge in [0.15, 0.2) is 0 Å². The molecule has 0 atom stereocenters. The Balaban J connectivity index is 1.50. The Morgan fingerprint density at radius 1 is 1.27 bits per heavy atom. The van der Waals surface area contributed by atoms with Gasteiger partial charge in [0.05, 0.1) is 22.4 Å². The maximum Gasteiger partial charge on any atom is 0.228 e. The van der Waals surface area contributed by atoms with Crippen LogP contribution in [0.2, 0.25) is 5.02 Å². The van der Waals surface area contributed by atoms with Crippen molar-refractivity contribution in [1.82, 2.24) is 9.88 Å². The molecule has 0 saturated heterocycles. The van der Waals surface area contributed by atoms with Gasteiger partial charge in [0.1, 0.15) is 17.4 Å². The van der Waals surface area contributed by atoms with Crippen LogP contribution >= 0.6 is 50.2 Å². The van der Waals surface area contributed by atoms with E-state index in [1.165, 1.54) is 11.3 Å². The summed E-state index contributed by atoms with van der Waals surface area (Å²) in [5, 5.41) is 3.42. The highest BCUT2D eigenvalue weighted by atomic mass is 79.9. The molecule has 2 aromatic heterocycles. The van der Waals surface area contributed by atoms with Crippen LogP contribution in [0.25, 0.3) is 0 Å². The Morgan fingerprint density at radius 2 is 2.04 bits per heavy atom. The van der Waals surface area contributed by atoms with E-state index in [0.717, 1.165) is 25.1 Å². The number of rotatable bonds is 7. The molecule has 0 bridgehead atoms. The second-order valence-corrected chi connectivity index (χ2v) is 9.53. The van der Waals surface area contributed by atoms with Crippen molar-refractivity contribution in [3.05, 3.63) is 66.2 Å². The summed E-state index contributed by atoms with van der Waals surface area (Å²) in [5.41, 5.74) is 0.772. The minimum atomic E-state index is 0.0463. The van der Waals surface area contributed by atoms with Gasteiger partial charge in [-0.05, 0) is 52.3 Å².